The highest BCUT2D eigenvalue weighted by Crippen LogP contribution is 2.08. The summed E-state index contributed by atoms with van der Waals surface area (Å²) in [6.45, 7) is 0. The molecule has 5 nitrogen and oxygen atoms in total. The van der Waals surface area contributed by atoms with Crippen LogP contribution in [0.1, 0.15) is 5.69 Å². The number of rotatable bonds is 3. The van der Waals surface area contributed by atoms with Crippen LogP contribution < -0.4 is 5.32 Å². The van der Waals surface area contributed by atoms with Crippen LogP contribution in [0.3, 0.4) is 0 Å². The van der Waals surface area contributed by atoms with Crippen LogP contribution in [0.5, 0.6) is 0 Å². The predicted molar refractivity (Wildman–Crippen MR) is 76.3 cm³/mol. The average molecular weight is 375 g/mol. The van der Waals surface area contributed by atoms with Gasteiger partial charge in [-0.2, -0.15) is 0 Å². The maximum absolute atomic E-state index is 11.7. The monoisotopic (exact) mass is 374 g/mol. The Hall–Kier alpha value is -1.28. The minimum atomic E-state index is -0.194. The van der Waals surface area contributed by atoms with Crippen LogP contribution in [0, 0.1) is 3.70 Å². The van der Waals surface area contributed by atoms with Crippen LogP contribution >= 0.6 is 34.2 Å². The number of nitrogens with zero attached hydrogens (tertiary/aromatic N) is 3. The van der Waals surface area contributed by atoms with Crippen molar-refractivity contribution in [3.63, 3.8) is 0 Å². The number of hydrogen-bond acceptors (Lipinski definition) is 4. The van der Waals surface area contributed by atoms with Crippen LogP contribution in [-0.4, -0.2) is 21.1 Å². The number of nitrogens with one attached hydrogen (secondary N) is 1. The third-order valence-electron chi connectivity index (χ3n) is 2.03. The molecule has 7 heteroatoms. The summed E-state index contributed by atoms with van der Waals surface area (Å²) in [7, 11) is 0. The van der Waals surface area contributed by atoms with Crippen molar-refractivity contribution in [2.45, 2.75) is 6.42 Å². The van der Waals surface area contributed by atoms with Crippen molar-refractivity contribution in [3.8, 4) is 0 Å². The summed E-state index contributed by atoms with van der Waals surface area (Å²) in [6.07, 6.45) is 1.68. The molecule has 1 N–H and O–H groups in total. The van der Waals surface area contributed by atoms with E-state index in [0.717, 1.165) is 3.70 Å². The van der Waals surface area contributed by atoms with Gasteiger partial charge in [-0.3, -0.25) is 9.78 Å². The first-order valence-electron chi connectivity index (χ1n) is 5.03. The van der Waals surface area contributed by atoms with E-state index < -0.39 is 0 Å². The topological polar surface area (TPSA) is 67.8 Å². The molecule has 0 atom stereocenters. The zero-order valence-corrected chi connectivity index (χ0v) is 12.0. The molecule has 2 rings (SSSR count). The van der Waals surface area contributed by atoms with E-state index in [1.807, 2.05) is 22.6 Å². The molecule has 0 bridgehead atoms. The third-order valence-corrected chi connectivity index (χ3v) is 2.83. The molecule has 92 valence electrons. The number of hydrogen-bond donors (Lipinski definition) is 1. The molecule has 18 heavy (non-hydrogen) atoms. The second-order valence-corrected chi connectivity index (χ2v) is 4.98. The minimum Gasteiger partial charge on any atom is -0.309 e. The van der Waals surface area contributed by atoms with Gasteiger partial charge in [-0.15, -0.1) is 10.2 Å². The first-order valence-corrected chi connectivity index (χ1v) is 6.48. The summed E-state index contributed by atoms with van der Waals surface area (Å²) in [6, 6.07) is 6.87. The Morgan fingerprint density at radius 1 is 1.28 bits per heavy atom. The second kappa shape index (κ2) is 6.05. The molecule has 0 aromatic carbocycles. The number of halogens is 2. The van der Waals surface area contributed by atoms with Crippen LogP contribution in [0.2, 0.25) is 5.02 Å². The van der Waals surface area contributed by atoms with Gasteiger partial charge in [0.2, 0.25) is 5.91 Å². The zero-order chi connectivity index (χ0) is 13.0. The Bertz CT molecular complexity index is 494. The van der Waals surface area contributed by atoms with Crippen molar-refractivity contribution in [2.24, 2.45) is 0 Å². The molecule has 2 aromatic heterocycles. The number of amides is 1. The van der Waals surface area contributed by atoms with Gasteiger partial charge in [0.25, 0.3) is 0 Å². The Kier molecular flexibility index (Phi) is 4.43. The summed E-state index contributed by atoms with van der Waals surface area (Å²) in [4.78, 5) is 15.7. The van der Waals surface area contributed by atoms with E-state index >= 15 is 0 Å². The lowest BCUT2D eigenvalue weighted by atomic mass is 10.2. The van der Waals surface area contributed by atoms with Crippen LogP contribution in [0.15, 0.2) is 30.5 Å². The molecular formula is C11H8ClIN4O. The minimum absolute atomic E-state index is 0.171. The van der Waals surface area contributed by atoms with E-state index in [2.05, 4.69) is 20.5 Å². The summed E-state index contributed by atoms with van der Waals surface area (Å²) in [5.41, 5.74) is 0.648. The van der Waals surface area contributed by atoms with Crippen molar-refractivity contribution in [1.82, 2.24) is 15.2 Å². The van der Waals surface area contributed by atoms with Gasteiger partial charge in [0.05, 0.1) is 11.4 Å². The van der Waals surface area contributed by atoms with Crippen LogP contribution in [0.4, 0.5) is 5.82 Å². The molecule has 1 amide bonds. The lowest BCUT2D eigenvalue weighted by Gasteiger charge is -2.03. The van der Waals surface area contributed by atoms with Gasteiger partial charge in [-0.05, 0) is 46.9 Å². The van der Waals surface area contributed by atoms with E-state index in [1.54, 1.807) is 24.3 Å². The largest absolute Gasteiger partial charge is 0.309 e. The molecular weight excluding hydrogens is 367 g/mol. The maximum Gasteiger partial charge on any atom is 0.231 e. The highest BCUT2D eigenvalue weighted by Gasteiger charge is 2.06. The first-order chi connectivity index (χ1) is 8.63. The molecule has 0 saturated heterocycles. The molecule has 0 spiro atoms. The molecule has 0 fully saturated rings. The van der Waals surface area contributed by atoms with Crippen LogP contribution in [0.25, 0.3) is 0 Å². The van der Waals surface area contributed by atoms with E-state index in [4.69, 9.17) is 11.6 Å². The summed E-state index contributed by atoms with van der Waals surface area (Å²) < 4.78 is 0.768. The third kappa shape index (κ3) is 3.88. The Labute approximate surface area is 122 Å². The fourth-order valence-corrected chi connectivity index (χ4v) is 1.64. The van der Waals surface area contributed by atoms with Crippen molar-refractivity contribution in [2.75, 3.05) is 5.32 Å². The van der Waals surface area contributed by atoms with Crippen molar-refractivity contribution >= 4 is 45.9 Å². The summed E-state index contributed by atoms with van der Waals surface area (Å²) >= 11 is 7.75. The summed E-state index contributed by atoms with van der Waals surface area (Å²) in [5.74, 6) is 0.231. The second-order valence-electron chi connectivity index (χ2n) is 3.43. The standard InChI is InChI=1S/C11H8ClIN4O/c12-7-1-2-8(14-6-7)5-11(18)15-10-4-3-9(13)16-17-10/h1-4,6H,5H2,(H,15,17,18). The van der Waals surface area contributed by atoms with E-state index in [9.17, 15) is 4.79 Å². The van der Waals surface area contributed by atoms with Crippen molar-refractivity contribution in [1.29, 1.82) is 0 Å². The van der Waals surface area contributed by atoms with Crippen LogP contribution in [-0.2, 0) is 11.2 Å². The number of carbonyl (C=O) groups is 1. The lowest BCUT2D eigenvalue weighted by molar-refractivity contribution is -0.115. The Morgan fingerprint density at radius 3 is 2.72 bits per heavy atom. The summed E-state index contributed by atoms with van der Waals surface area (Å²) in [5, 5.41) is 10.9. The highest BCUT2D eigenvalue weighted by atomic mass is 127. The molecule has 0 aliphatic heterocycles. The van der Waals surface area contributed by atoms with Crippen molar-refractivity contribution < 1.29 is 4.79 Å². The fourth-order valence-electron chi connectivity index (χ4n) is 1.25. The molecule has 0 aliphatic rings. The number of aromatic nitrogens is 3. The van der Waals surface area contributed by atoms with E-state index in [-0.39, 0.29) is 12.3 Å². The fraction of sp³-hybridized carbons (Fsp3) is 0.0909. The van der Waals surface area contributed by atoms with Gasteiger partial charge in [0, 0.05) is 11.9 Å². The maximum atomic E-state index is 11.7. The predicted octanol–water partition coefficient (Wildman–Crippen LogP) is 2.31. The number of pyridine rings is 1. The number of carbonyl (C=O) groups excluding carboxylic acids is 1. The first kappa shape index (κ1) is 13.2. The molecule has 2 aromatic rings. The SMILES string of the molecule is O=C(Cc1ccc(Cl)cn1)Nc1ccc(I)nn1. The van der Waals surface area contributed by atoms with Crippen molar-refractivity contribution in [3.05, 3.63) is 44.9 Å². The Morgan fingerprint density at radius 2 is 2.11 bits per heavy atom. The normalized spacial score (nSPS) is 10.1. The highest BCUT2D eigenvalue weighted by molar-refractivity contribution is 14.1. The molecule has 2 heterocycles. The molecule has 0 saturated carbocycles. The molecule has 0 aliphatic carbocycles. The average Bonchev–Trinajstić information content (AvgIpc) is 2.35. The quantitative estimate of drug-likeness (QED) is 0.837. The van der Waals surface area contributed by atoms with Gasteiger partial charge < -0.3 is 5.32 Å². The van der Waals surface area contributed by atoms with Gasteiger partial charge >= 0.3 is 0 Å². The van der Waals surface area contributed by atoms with Gasteiger partial charge in [-0.25, -0.2) is 0 Å². The lowest BCUT2D eigenvalue weighted by Crippen LogP contribution is -2.16. The van der Waals surface area contributed by atoms with E-state index in [1.165, 1.54) is 6.20 Å². The van der Waals surface area contributed by atoms with Gasteiger partial charge in [0.1, 0.15) is 3.70 Å². The Balaban J connectivity index is 1.96. The number of anilines is 1. The van der Waals surface area contributed by atoms with Gasteiger partial charge in [0.15, 0.2) is 5.82 Å². The molecule has 0 radical (unpaired) electrons. The van der Waals surface area contributed by atoms with Gasteiger partial charge in [-0.1, -0.05) is 11.6 Å². The van der Waals surface area contributed by atoms with E-state index in [0.29, 0.717) is 16.5 Å². The molecule has 0 unspecified atom stereocenters. The zero-order valence-electron chi connectivity index (χ0n) is 9.10. The smallest absolute Gasteiger partial charge is 0.231 e.